The van der Waals surface area contributed by atoms with Crippen molar-refractivity contribution in [3.8, 4) is 16.9 Å². The molecule has 4 nitrogen and oxygen atoms in total. The highest BCUT2D eigenvalue weighted by atomic mass is 35.5. The third kappa shape index (κ3) is 3.48. The van der Waals surface area contributed by atoms with Crippen molar-refractivity contribution in [1.82, 2.24) is 9.97 Å². The highest BCUT2D eigenvalue weighted by Gasteiger charge is 2.17. The van der Waals surface area contributed by atoms with E-state index in [2.05, 4.69) is 34.3 Å². The van der Waals surface area contributed by atoms with E-state index in [4.69, 9.17) is 16.3 Å². The number of nitrogens with zero attached hydrogens (tertiary/aromatic N) is 2. The van der Waals surface area contributed by atoms with E-state index in [9.17, 15) is 0 Å². The van der Waals surface area contributed by atoms with Crippen LogP contribution in [0, 0.1) is 6.92 Å². The van der Waals surface area contributed by atoms with E-state index in [1.807, 2.05) is 43.3 Å². The summed E-state index contributed by atoms with van der Waals surface area (Å²) >= 11 is 7.98. The van der Waals surface area contributed by atoms with Gasteiger partial charge in [-0.1, -0.05) is 35.9 Å². The van der Waals surface area contributed by atoms with Crippen molar-refractivity contribution in [2.24, 2.45) is 0 Å². The third-order valence-electron chi connectivity index (χ3n) is 4.25. The second-order valence-electron chi connectivity index (χ2n) is 6.00. The van der Waals surface area contributed by atoms with Gasteiger partial charge < -0.3 is 10.1 Å². The first-order chi connectivity index (χ1) is 13.2. The Labute approximate surface area is 166 Å². The second kappa shape index (κ2) is 7.55. The van der Waals surface area contributed by atoms with Crippen LogP contribution in [0.25, 0.3) is 21.3 Å². The molecule has 0 saturated heterocycles. The van der Waals surface area contributed by atoms with Crippen LogP contribution in [0.1, 0.15) is 11.8 Å². The first-order valence-corrected chi connectivity index (χ1v) is 9.85. The molecule has 0 aliphatic rings. The number of para-hydroxylation sites is 1. The van der Waals surface area contributed by atoms with Crippen LogP contribution in [0.2, 0.25) is 5.02 Å². The van der Waals surface area contributed by atoms with E-state index < -0.39 is 0 Å². The summed E-state index contributed by atoms with van der Waals surface area (Å²) in [6, 6.07) is 15.8. The minimum absolute atomic E-state index is 0.652. The summed E-state index contributed by atoms with van der Waals surface area (Å²) in [4.78, 5) is 11.1. The van der Waals surface area contributed by atoms with Crippen molar-refractivity contribution in [1.29, 1.82) is 0 Å². The van der Waals surface area contributed by atoms with Gasteiger partial charge in [0.05, 0.1) is 22.7 Å². The molecule has 1 N–H and O–H groups in total. The molecule has 27 heavy (non-hydrogen) atoms. The largest absolute Gasteiger partial charge is 0.494 e. The molecule has 2 aromatic heterocycles. The molecule has 0 unspecified atom stereocenters. The molecular formula is C21H18ClN3OS. The summed E-state index contributed by atoms with van der Waals surface area (Å²) < 4.78 is 5.56. The van der Waals surface area contributed by atoms with Crippen molar-refractivity contribution in [3.63, 3.8) is 0 Å². The lowest BCUT2D eigenvalue weighted by molar-refractivity contribution is 0.340. The number of hydrogen-bond donors (Lipinski definition) is 1. The van der Waals surface area contributed by atoms with Gasteiger partial charge in [-0.05, 0) is 43.7 Å². The van der Waals surface area contributed by atoms with Crippen LogP contribution in [-0.4, -0.2) is 16.6 Å². The Morgan fingerprint density at radius 3 is 2.59 bits per heavy atom. The highest BCUT2D eigenvalue weighted by Crippen LogP contribution is 2.41. The van der Waals surface area contributed by atoms with Gasteiger partial charge in [0.2, 0.25) is 0 Å². The SMILES string of the molecule is CCOc1ccc(-c2c(C)sc3ncnc(Nc4ccccc4Cl)c23)cc1. The molecule has 0 bridgehead atoms. The minimum atomic E-state index is 0.652. The molecular weight excluding hydrogens is 378 g/mol. The molecule has 0 amide bonds. The van der Waals surface area contributed by atoms with Crippen LogP contribution in [0.5, 0.6) is 5.75 Å². The van der Waals surface area contributed by atoms with Crippen molar-refractivity contribution in [3.05, 3.63) is 64.8 Å². The monoisotopic (exact) mass is 395 g/mol. The zero-order valence-corrected chi connectivity index (χ0v) is 16.6. The second-order valence-corrected chi connectivity index (χ2v) is 7.61. The fourth-order valence-corrected chi connectivity index (χ4v) is 4.26. The van der Waals surface area contributed by atoms with Gasteiger partial charge in [0, 0.05) is 10.4 Å². The molecule has 0 aliphatic heterocycles. The van der Waals surface area contributed by atoms with Crippen LogP contribution >= 0.6 is 22.9 Å². The van der Waals surface area contributed by atoms with Crippen molar-refractivity contribution < 1.29 is 4.74 Å². The molecule has 2 aromatic carbocycles. The maximum absolute atomic E-state index is 6.32. The number of anilines is 2. The number of nitrogens with one attached hydrogen (secondary N) is 1. The fourth-order valence-electron chi connectivity index (χ4n) is 3.06. The quantitative estimate of drug-likeness (QED) is 0.421. The Morgan fingerprint density at radius 2 is 1.85 bits per heavy atom. The summed E-state index contributed by atoms with van der Waals surface area (Å²) in [6.45, 7) is 4.74. The summed E-state index contributed by atoms with van der Waals surface area (Å²) in [5, 5.41) is 5.02. The molecule has 0 aliphatic carbocycles. The van der Waals surface area contributed by atoms with Crippen molar-refractivity contribution >= 4 is 44.7 Å². The smallest absolute Gasteiger partial charge is 0.143 e. The number of thiophene rings is 1. The van der Waals surface area contributed by atoms with E-state index in [-0.39, 0.29) is 0 Å². The van der Waals surface area contributed by atoms with E-state index in [1.165, 1.54) is 4.88 Å². The van der Waals surface area contributed by atoms with E-state index in [0.29, 0.717) is 11.6 Å². The van der Waals surface area contributed by atoms with Crippen molar-refractivity contribution in [2.45, 2.75) is 13.8 Å². The molecule has 4 aromatic rings. The Balaban J connectivity index is 1.84. The average Bonchev–Trinajstić information content (AvgIpc) is 3.01. The first-order valence-electron chi connectivity index (χ1n) is 8.66. The van der Waals surface area contributed by atoms with Crippen LogP contribution in [0.4, 0.5) is 11.5 Å². The Kier molecular flexibility index (Phi) is 4.97. The highest BCUT2D eigenvalue weighted by molar-refractivity contribution is 7.19. The van der Waals surface area contributed by atoms with Gasteiger partial charge in [0.25, 0.3) is 0 Å². The van der Waals surface area contributed by atoms with Gasteiger partial charge in [-0.15, -0.1) is 11.3 Å². The molecule has 0 radical (unpaired) electrons. The fraction of sp³-hybridized carbons (Fsp3) is 0.143. The van der Waals surface area contributed by atoms with Gasteiger partial charge >= 0.3 is 0 Å². The van der Waals surface area contributed by atoms with E-state index in [1.54, 1.807) is 17.7 Å². The maximum atomic E-state index is 6.32. The standard InChI is InChI=1S/C21H18ClN3OS/c1-3-26-15-10-8-14(9-11-15)18-13(2)27-21-19(18)20(23-12-24-21)25-17-7-5-4-6-16(17)22/h4-12H,3H2,1-2H3,(H,23,24,25). The van der Waals surface area contributed by atoms with Crippen LogP contribution in [-0.2, 0) is 0 Å². The molecule has 2 heterocycles. The topological polar surface area (TPSA) is 47.0 Å². The maximum Gasteiger partial charge on any atom is 0.143 e. The van der Waals surface area contributed by atoms with E-state index >= 15 is 0 Å². The average molecular weight is 396 g/mol. The molecule has 0 fully saturated rings. The zero-order chi connectivity index (χ0) is 18.8. The number of fused-ring (bicyclic) bond motifs is 1. The normalized spacial score (nSPS) is 10.9. The van der Waals surface area contributed by atoms with Crippen LogP contribution in [0.3, 0.4) is 0 Å². The summed E-state index contributed by atoms with van der Waals surface area (Å²) in [7, 11) is 0. The number of rotatable bonds is 5. The zero-order valence-electron chi connectivity index (χ0n) is 15.0. The lowest BCUT2D eigenvalue weighted by Crippen LogP contribution is -1.96. The number of benzene rings is 2. The predicted octanol–water partition coefficient (Wildman–Crippen LogP) is 6.46. The summed E-state index contributed by atoms with van der Waals surface area (Å²) in [6.07, 6.45) is 1.58. The first kappa shape index (κ1) is 17.8. The minimum Gasteiger partial charge on any atom is -0.494 e. The number of halogens is 1. The molecule has 4 rings (SSSR count). The van der Waals surface area contributed by atoms with Gasteiger partial charge in [-0.25, -0.2) is 9.97 Å². The van der Waals surface area contributed by atoms with Gasteiger partial charge in [0.15, 0.2) is 0 Å². The lowest BCUT2D eigenvalue weighted by atomic mass is 10.0. The van der Waals surface area contributed by atoms with Gasteiger partial charge in [-0.2, -0.15) is 0 Å². The van der Waals surface area contributed by atoms with Crippen LogP contribution in [0.15, 0.2) is 54.9 Å². The molecule has 6 heteroatoms. The Hall–Kier alpha value is -2.63. The predicted molar refractivity (Wildman–Crippen MR) is 113 cm³/mol. The van der Waals surface area contributed by atoms with Crippen LogP contribution < -0.4 is 10.1 Å². The van der Waals surface area contributed by atoms with Crippen molar-refractivity contribution in [2.75, 3.05) is 11.9 Å². The number of ether oxygens (including phenoxy) is 1. The number of aryl methyl sites for hydroxylation is 1. The van der Waals surface area contributed by atoms with E-state index in [0.717, 1.165) is 38.6 Å². The van der Waals surface area contributed by atoms with Gasteiger partial charge in [0.1, 0.15) is 22.7 Å². The Morgan fingerprint density at radius 1 is 1.07 bits per heavy atom. The lowest BCUT2D eigenvalue weighted by Gasteiger charge is -2.10. The summed E-state index contributed by atoms with van der Waals surface area (Å²) in [5.74, 6) is 1.62. The molecule has 0 spiro atoms. The van der Waals surface area contributed by atoms with Gasteiger partial charge in [-0.3, -0.25) is 0 Å². The third-order valence-corrected chi connectivity index (χ3v) is 5.59. The molecule has 0 saturated carbocycles. The summed E-state index contributed by atoms with van der Waals surface area (Å²) in [5.41, 5.74) is 3.06. The number of hydrogen-bond acceptors (Lipinski definition) is 5. The number of aromatic nitrogens is 2. The molecule has 136 valence electrons. The molecule has 0 atom stereocenters. The Bertz CT molecular complexity index is 1090.